The molecule has 0 unspecified atom stereocenters. The van der Waals surface area contributed by atoms with E-state index in [1.54, 1.807) is 38.6 Å². The highest BCUT2D eigenvalue weighted by atomic mass is 32.2. The van der Waals surface area contributed by atoms with Gasteiger partial charge in [-0.05, 0) is 30.7 Å². The summed E-state index contributed by atoms with van der Waals surface area (Å²) in [6.07, 6.45) is 1.77. The average molecular weight is 410 g/mol. The number of hydrogen-bond donors (Lipinski definition) is 0. The van der Waals surface area contributed by atoms with E-state index in [1.165, 1.54) is 22.2 Å². The van der Waals surface area contributed by atoms with Crippen LogP contribution in [0.2, 0.25) is 0 Å². The third-order valence-corrected chi connectivity index (χ3v) is 5.06. The molecule has 0 spiro atoms. The zero-order valence-electron chi connectivity index (χ0n) is 16.1. The summed E-state index contributed by atoms with van der Waals surface area (Å²) < 4.78 is 17.8. The molecule has 0 fully saturated rings. The second kappa shape index (κ2) is 7.96. The second-order valence-corrected chi connectivity index (χ2v) is 7.21. The van der Waals surface area contributed by atoms with Crippen LogP contribution in [0, 0.1) is 6.92 Å². The first kappa shape index (κ1) is 19.0. The van der Waals surface area contributed by atoms with E-state index in [-0.39, 0.29) is 5.56 Å². The van der Waals surface area contributed by atoms with Gasteiger partial charge < -0.3 is 13.9 Å². The number of aryl methyl sites for hydroxylation is 1. The van der Waals surface area contributed by atoms with Crippen LogP contribution in [-0.2, 0) is 5.75 Å². The molecule has 1 aromatic carbocycles. The minimum atomic E-state index is -0.121. The van der Waals surface area contributed by atoms with Crippen molar-refractivity contribution in [3.05, 3.63) is 64.2 Å². The van der Waals surface area contributed by atoms with Crippen LogP contribution in [0.25, 0.3) is 17.1 Å². The number of methoxy groups -OCH3 is 2. The lowest BCUT2D eigenvalue weighted by molar-refractivity contribution is 0.394. The standard InChI is InChI=1S/C20H18N4O4S/c1-12-4-5-17-21-14(8-18(25)24(17)10-12)11-29-20-23-22-19(28-20)13-6-15(26-2)9-16(7-13)27-3/h4-10H,11H2,1-3H3. The number of hydrogen-bond acceptors (Lipinski definition) is 8. The zero-order valence-corrected chi connectivity index (χ0v) is 16.9. The smallest absolute Gasteiger partial charge is 0.277 e. The molecule has 0 radical (unpaired) electrons. The molecule has 8 nitrogen and oxygen atoms in total. The largest absolute Gasteiger partial charge is 0.497 e. The summed E-state index contributed by atoms with van der Waals surface area (Å²) in [5.41, 5.74) is 2.82. The normalized spacial score (nSPS) is 11.0. The zero-order chi connectivity index (χ0) is 20.4. The van der Waals surface area contributed by atoms with Gasteiger partial charge in [0.15, 0.2) is 0 Å². The van der Waals surface area contributed by atoms with Crippen LogP contribution in [-0.4, -0.2) is 33.8 Å². The van der Waals surface area contributed by atoms with Gasteiger partial charge in [0.25, 0.3) is 10.8 Å². The number of rotatable bonds is 6. The van der Waals surface area contributed by atoms with E-state index in [9.17, 15) is 4.79 Å². The molecule has 0 N–H and O–H groups in total. The van der Waals surface area contributed by atoms with Gasteiger partial charge in [-0.15, -0.1) is 10.2 Å². The van der Waals surface area contributed by atoms with E-state index in [0.29, 0.717) is 45.3 Å². The summed E-state index contributed by atoms with van der Waals surface area (Å²) in [5.74, 6) is 2.04. The number of benzene rings is 1. The third-order valence-electron chi connectivity index (χ3n) is 4.21. The predicted molar refractivity (Wildman–Crippen MR) is 109 cm³/mol. The summed E-state index contributed by atoms with van der Waals surface area (Å²) in [6.45, 7) is 1.93. The van der Waals surface area contributed by atoms with E-state index >= 15 is 0 Å². The van der Waals surface area contributed by atoms with Gasteiger partial charge in [-0.3, -0.25) is 9.20 Å². The van der Waals surface area contributed by atoms with E-state index in [1.807, 2.05) is 19.1 Å². The number of pyridine rings is 1. The lowest BCUT2D eigenvalue weighted by Crippen LogP contribution is -2.15. The van der Waals surface area contributed by atoms with Crippen molar-refractivity contribution in [1.82, 2.24) is 19.6 Å². The Labute approximate surface area is 170 Å². The maximum Gasteiger partial charge on any atom is 0.277 e. The van der Waals surface area contributed by atoms with Gasteiger partial charge in [0.2, 0.25) is 5.89 Å². The summed E-state index contributed by atoms with van der Waals surface area (Å²) in [5, 5.41) is 8.54. The number of nitrogens with zero attached hydrogens (tertiary/aromatic N) is 4. The van der Waals surface area contributed by atoms with Crippen molar-refractivity contribution in [3.63, 3.8) is 0 Å². The minimum absolute atomic E-state index is 0.121. The molecule has 148 valence electrons. The fourth-order valence-electron chi connectivity index (χ4n) is 2.78. The fraction of sp³-hybridized carbons (Fsp3) is 0.200. The number of ether oxygens (including phenoxy) is 2. The Bertz CT molecular complexity index is 1210. The van der Waals surface area contributed by atoms with Crippen LogP contribution < -0.4 is 15.0 Å². The molecule has 4 aromatic rings. The van der Waals surface area contributed by atoms with E-state index in [0.717, 1.165) is 5.56 Å². The van der Waals surface area contributed by atoms with Gasteiger partial charge in [0.05, 0.1) is 19.9 Å². The van der Waals surface area contributed by atoms with Crippen molar-refractivity contribution in [2.75, 3.05) is 14.2 Å². The number of thioether (sulfide) groups is 1. The van der Waals surface area contributed by atoms with Crippen molar-refractivity contribution < 1.29 is 13.9 Å². The Morgan fingerprint density at radius 3 is 2.55 bits per heavy atom. The molecule has 29 heavy (non-hydrogen) atoms. The first-order chi connectivity index (χ1) is 14.1. The van der Waals surface area contributed by atoms with Crippen molar-refractivity contribution in [1.29, 1.82) is 0 Å². The van der Waals surface area contributed by atoms with E-state index < -0.39 is 0 Å². The highest BCUT2D eigenvalue weighted by Crippen LogP contribution is 2.31. The molecule has 0 atom stereocenters. The van der Waals surface area contributed by atoms with Crippen LogP contribution in [0.3, 0.4) is 0 Å². The highest BCUT2D eigenvalue weighted by molar-refractivity contribution is 7.98. The molecule has 0 bridgehead atoms. The van der Waals surface area contributed by atoms with Gasteiger partial charge >= 0.3 is 0 Å². The molecule has 0 amide bonds. The van der Waals surface area contributed by atoms with Crippen LogP contribution >= 0.6 is 11.8 Å². The molecule has 0 aliphatic heterocycles. The molecular formula is C20H18N4O4S. The second-order valence-electron chi connectivity index (χ2n) is 6.28. The van der Waals surface area contributed by atoms with Crippen LogP contribution in [0.4, 0.5) is 0 Å². The number of aromatic nitrogens is 4. The van der Waals surface area contributed by atoms with Gasteiger partial charge in [-0.1, -0.05) is 17.8 Å². The van der Waals surface area contributed by atoms with Crippen LogP contribution in [0.15, 0.2) is 57.0 Å². The summed E-state index contributed by atoms with van der Waals surface area (Å²) >= 11 is 1.32. The Balaban J connectivity index is 1.54. The lowest BCUT2D eigenvalue weighted by atomic mass is 10.2. The monoisotopic (exact) mass is 410 g/mol. The number of fused-ring (bicyclic) bond motifs is 1. The quantitative estimate of drug-likeness (QED) is 0.447. The molecule has 0 saturated carbocycles. The van der Waals surface area contributed by atoms with Crippen molar-refractivity contribution >= 4 is 17.4 Å². The first-order valence-electron chi connectivity index (χ1n) is 8.74. The van der Waals surface area contributed by atoms with Gasteiger partial charge in [-0.2, -0.15) is 0 Å². The molecule has 0 aliphatic rings. The molecule has 4 rings (SSSR count). The molecule has 0 aliphatic carbocycles. The Kier molecular flexibility index (Phi) is 5.22. The van der Waals surface area contributed by atoms with Crippen molar-refractivity contribution in [3.8, 4) is 23.0 Å². The summed E-state index contributed by atoms with van der Waals surface area (Å²) in [6, 6.07) is 10.6. The SMILES string of the molecule is COc1cc(OC)cc(-c2nnc(SCc3cc(=O)n4cc(C)ccc4n3)o2)c1. The fourth-order valence-corrected chi connectivity index (χ4v) is 3.44. The van der Waals surface area contributed by atoms with Crippen molar-refractivity contribution in [2.45, 2.75) is 17.9 Å². The summed E-state index contributed by atoms with van der Waals surface area (Å²) in [7, 11) is 3.15. The van der Waals surface area contributed by atoms with Gasteiger partial charge in [0.1, 0.15) is 17.1 Å². The van der Waals surface area contributed by atoms with E-state index in [2.05, 4.69) is 15.2 Å². The first-order valence-corrected chi connectivity index (χ1v) is 9.73. The lowest BCUT2D eigenvalue weighted by Gasteiger charge is -2.05. The van der Waals surface area contributed by atoms with Crippen LogP contribution in [0.1, 0.15) is 11.3 Å². The summed E-state index contributed by atoms with van der Waals surface area (Å²) in [4.78, 5) is 16.8. The maximum absolute atomic E-state index is 12.3. The third kappa shape index (κ3) is 4.09. The highest BCUT2D eigenvalue weighted by Gasteiger charge is 2.13. The molecular weight excluding hydrogens is 392 g/mol. The molecule has 9 heteroatoms. The minimum Gasteiger partial charge on any atom is -0.497 e. The topological polar surface area (TPSA) is 91.8 Å². The average Bonchev–Trinajstić information content (AvgIpc) is 3.21. The van der Waals surface area contributed by atoms with Gasteiger partial charge in [-0.25, -0.2) is 4.98 Å². The van der Waals surface area contributed by atoms with Crippen LogP contribution in [0.5, 0.6) is 11.5 Å². The molecule has 0 saturated heterocycles. The predicted octanol–water partition coefficient (Wildman–Crippen LogP) is 3.36. The molecule has 3 aromatic heterocycles. The Hall–Kier alpha value is -3.33. The molecule has 3 heterocycles. The van der Waals surface area contributed by atoms with Crippen molar-refractivity contribution in [2.24, 2.45) is 0 Å². The van der Waals surface area contributed by atoms with E-state index in [4.69, 9.17) is 13.9 Å². The Morgan fingerprint density at radius 2 is 1.83 bits per heavy atom. The Morgan fingerprint density at radius 1 is 1.07 bits per heavy atom. The van der Waals surface area contributed by atoms with Gasteiger partial charge in [0, 0.05) is 29.6 Å². The maximum atomic E-state index is 12.3.